The summed E-state index contributed by atoms with van der Waals surface area (Å²) in [5, 5.41) is 26.7. The van der Waals surface area contributed by atoms with E-state index in [4.69, 9.17) is 24.7 Å². The predicted molar refractivity (Wildman–Crippen MR) is 293 cm³/mol. The van der Waals surface area contributed by atoms with Gasteiger partial charge in [-0.2, -0.15) is 10.4 Å². The monoisotopic (exact) mass is 1100 g/mol. The number of ether oxygens (including phenoxy) is 4. The third-order valence-electron chi connectivity index (χ3n) is 14.7. The highest BCUT2D eigenvalue weighted by Gasteiger charge is 2.43. The van der Waals surface area contributed by atoms with Crippen LogP contribution in [0.5, 0.6) is 11.6 Å². The van der Waals surface area contributed by atoms with Gasteiger partial charge in [0.2, 0.25) is 23.6 Å². The molecule has 0 saturated carbocycles. The summed E-state index contributed by atoms with van der Waals surface area (Å²) in [7, 11) is 3.26. The molecule has 8 rings (SSSR count). The van der Waals surface area contributed by atoms with Crippen molar-refractivity contribution >= 4 is 35.4 Å². The first-order valence-electron chi connectivity index (χ1n) is 27.0. The molecule has 6 N–H and O–H groups in total. The van der Waals surface area contributed by atoms with Crippen LogP contribution in [0.4, 0.5) is 10.2 Å². The molecule has 22 heteroatoms. The fourth-order valence-corrected chi connectivity index (χ4v) is 10.2. The predicted octanol–water partition coefficient (Wildman–Crippen LogP) is 4.86. The number of halogens is 1. The molecule has 1 unspecified atom stereocenters. The van der Waals surface area contributed by atoms with E-state index >= 15 is 0 Å². The second-order valence-corrected chi connectivity index (χ2v) is 21.4. The zero-order valence-electron chi connectivity index (χ0n) is 46.4. The van der Waals surface area contributed by atoms with Gasteiger partial charge in [-0.1, -0.05) is 51.1 Å². The average Bonchev–Trinajstić information content (AvgIpc) is 3.81. The molecule has 1 aliphatic carbocycles. The van der Waals surface area contributed by atoms with E-state index in [0.717, 1.165) is 36.0 Å². The van der Waals surface area contributed by atoms with Gasteiger partial charge in [-0.25, -0.2) is 14.4 Å². The van der Waals surface area contributed by atoms with Crippen LogP contribution in [0.15, 0.2) is 66.9 Å². The number of benzene rings is 3. The Bertz CT molecular complexity index is 3140. The number of nitrogens with zero attached hydrogens (tertiary/aromatic N) is 7. The first-order chi connectivity index (χ1) is 38.3. The third kappa shape index (κ3) is 13.7. The molecule has 424 valence electrons. The number of nitriles is 1. The summed E-state index contributed by atoms with van der Waals surface area (Å²) in [5.41, 5.74) is 11.0. The molecule has 0 spiro atoms. The van der Waals surface area contributed by atoms with Crippen LogP contribution in [0.25, 0.3) is 11.3 Å². The Hall–Kier alpha value is -8.00. The topological polar surface area (TPSA) is 270 Å². The zero-order valence-corrected chi connectivity index (χ0v) is 46.4. The van der Waals surface area contributed by atoms with Gasteiger partial charge in [0.1, 0.15) is 42.4 Å². The molecule has 0 fully saturated rings. The molecular formula is C58H71FN12O9. The molecule has 3 aromatic carbocycles. The van der Waals surface area contributed by atoms with E-state index in [9.17, 15) is 33.6 Å². The Labute approximate surface area is 465 Å². The van der Waals surface area contributed by atoms with E-state index < -0.39 is 41.4 Å². The molecule has 2 aliphatic heterocycles. The lowest BCUT2D eigenvalue weighted by atomic mass is 9.83. The van der Waals surface area contributed by atoms with E-state index in [-0.39, 0.29) is 136 Å². The summed E-state index contributed by atoms with van der Waals surface area (Å²) in [6.45, 7) is 10.5. The molecule has 80 heavy (non-hydrogen) atoms. The molecule has 2 aromatic heterocycles. The van der Waals surface area contributed by atoms with Crippen LogP contribution in [0.2, 0.25) is 0 Å². The minimum atomic E-state index is -0.912. The second-order valence-electron chi connectivity index (χ2n) is 21.4. The molecular weight excluding hydrogens is 1030 g/mol. The maximum Gasteiger partial charge on any atom is 0.258 e. The van der Waals surface area contributed by atoms with Gasteiger partial charge in [0.25, 0.3) is 11.8 Å². The first kappa shape index (κ1) is 58.2. The number of likely N-dealkylation sites (N-methyl/N-ethyl adjacent to an activating group) is 1. The molecule has 4 heterocycles. The second kappa shape index (κ2) is 25.9. The summed E-state index contributed by atoms with van der Waals surface area (Å²) in [6.07, 6.45) is 3.57. The van der Waals surface area contributed by atoms with Crippen LogP contribution < -0.4 is 36.5 Å². The van der Waals surface area contributed by atoms with Crippen molar-refractivity contribution in [1.29, 1.82) is 5.26 Å². The van der Waals surface area contributed by atoms with Crippen molar-refractivity contribution in [2.75, 3.05) is 59.4 Å². The SMILES string of the molecule is CN[C@H](C)C(=O)N[C@@H](C(=O)N1Cc2cc(OCCOCCOCCC(=O)NCCn3nc(C#N)c4c3CN(C)C(=O)c3ccc(F)cc3[C@@H](C)Oc3nc-4cnc3N)ccc2C[C@@H]1C(=O)NC1CCCc2ccccc21)C(C)(C)C. The molecule has 0 saturated heterocycles. The maximum absolute atomic E-state index is 14.7. The number of hydrogen-bond donors (Lipinski definition) is 5. The fraction of sp³-hybridized carbons (Fsp3) is 0.466. The van der Waals surface area contributed by atoms with Crippen molar-refractivity contribution in [2.24, 2.45) is 5.41 Å². The zero-order chi connectivity index (χ0) is 57.3. The van der Waals surface area contributed by atoms with Crippen molar-refractivity contribution < 1.29 is 47.3 Å². The van der Waals surface area contributed by atoms with Crippen molar-refractivity contribution in [2.45, 2.75) is 117 Å². The minimum Gasteiger partial charge on any atom is -0.491 e. The maximum atomic E-state index is 14.7. The lowest BCUT2D eigenvalue weighted by molar-refractivity contribution is -0.147. The summed E-state index contributed by atoms with van der Waals surface area (Å²) in [4.78, 5) is 80.9. The van der Waals surface area contributed by atoms with E-state index in [2.05, 4.69) is 54.5 Å². The molecule has 3 aliphatic rings. The van der Waals surface area contributed by atoms with Gasteiger partial charge in [-0.3, -0.25) is 28.7 Å². The van der Waals surface area contributed by atoms with Crippen LogP contribution in [-0.4, -0.2) is 131 Å². The lowest BCUT2D eigenvalue weighted by Gasteiger charge is -2.41. The quantitative estimate of drug-likeness (QED) is 0.0691. The number of aryl methyl sites for hydroxylation is 1. The Morgan fingerprint density at radius 1 is 0.975 bits per heavy atom. The average molecular weight is 1100 g/mol. The van der Waals surface area contributed by atoms with Crippen molar-refractivity contribution in [1.82, 2.24) is 50.8 Å². The third-order valence-corrected chi connectivity index (χ3v) is 14.7. The van der Waals surface area contributed by atoms with Crippen LogP contribution in [0, 0.1) is 22.6 Å². The number of hydrogen-bond acceptors (Lipinski definition) is 15. The van der Waals surface area contributed by atoms with Crippen molar-refractivity contribution in [3.05, 3.63) is 117 Å². The highest BCUT2D eigenvalue weighted by Crippen LogP contribution is 2.36. The van der Waals surface area contributed by atoms with Crippen LogP contribution in [-0.2, 0) is 61.1 Å². The number of nitrogens with two attached hydrogens (primary N) is 1. The number of rotatable bonds is 19. The summed E-state index contributed by atoms with van der Waals surface area (Å²) >= 11 is 0. The van der Waals surface area contributed by atoms with Crippen LogP contribution in [0.1, 0.15) is 116 Å². The first-order valence-corrected chi connectivity index (χ1v) is 27.0. The number of carbonyl (C=O) groups is 5. The molecule has 0 radical (unpaired) electrons. The molecule has 5 amide bonds. The van der Waals surface area contributed by atoms with Gasteiger partial charge in [0, 0.05) is 44.1 Å². The largest absolute Gasteiger partial charge is 0.491 e. The van der Waals surface area contributed by atoms with Crippen molar-refractivity contribution in [3.63, 3.8) is 0 Å². The standard InChI is InChI=1S/C58H71FN12O9/c1-34(62-6)53(73)67-51(58(3,4)5)57(76)70-32-38-27-40(17-15-37(38)28-47(70)54(74)65-44-14-10-12-36-11-8-9-13-41(36)44)79-26-25-78-24-23-77-22-19-49(72)63-20-21-71-48-33-69(7)56(75)42-18-16-39(59)29-43(42)35(2)80-55-52(61)64-31-46(66-55)50(48)45(30-60)68-71/h8-9,11,13,15-18,27,29,31,34-35,44,47,51,62H,10,12,14,19-26,28,32-33H2,1-7H3,(H2,61,64)(H,63,72)(H,65,74)(H,67,73)/t34-,35-,44?,47-,51+/m1/s1. The van der Waals surface area contributed by atoms with E-state index in [0.29, 0.717) is 17.0 Å². The van der Waals surface area contributed by atoms with E-state index in [1.54, 1.807) is 32.8 Å². The van der Waals surface area contributed by atoms with Gasteiger partial charge in [0.05, 0.1) is 74.7 Å². The number of anilines is 1. The number of amides is 5. The molecule has 5 atom stereocenters. The lowest BCUT2D eigenvalue weighted by Crippen LogP contribution is -2.62. The van der Waals surface area contributed by atoms with Crippen LogP contribution >= 0.6 is 0 Å². The number of aromatic nitrogens is 4. The summed E-state index contributed by atoms with van der Waals surface area (Å²) < 4.78 is 39.5. The Kier molecular flexibility index (Phi) is 18.8. The summed E-state index contributed by atoms with van der Waals surface area (Å²) in [6, 6.07) is 17.3. The fourth-order valence-electron chi connectivity index (χ4n) is 10.2. The number of carbonyl (C=O) groups excluding carboxylic acids is 5. The van der Waals surface area contributed by atoms with Gasteiger partial charge in [-0.05, 0) is 98.2 Å². The van der Waals surface area contributed by atoms with Crippen LogP contribution in [0.3, 0.4) is 0 Å². The van der Waals surface area contributed by atoms with Gasteiger partial charge in [0.15, 0.2) is 11.5 Å². The van der Waals surface area contributed by atoms with Gasteiger partial charge < -0.3 is 55.7 Å². The van der Waals surface area contributed by atoms with E-state index in [1.165, 1.54) is 39.5 Å². The number of fused-ring (bicyclic) bond motifs is 7. The smallest absolute Gasteiger partial charge is 0.258 e. The Morgan fingerprint density at radius 2 is 1.74 bits per heavy atom. The number of nitrogen functional groups attached to an aromatic ring is 1. The van der Waals surface area contributed by atoms with Gasteiger partial charge in [-0.15, -0.1) is 0 Å². The normalized spacial score (nSPS) is 17.6. The van der Waals surface area contributed by atoms with Crippen molar-refractivity contribution in [3.8, 4) is 29.0 Å². The minimum absolute atomic E-state index is 0.0136. The summed E-state index contributed by atoms with van der Waals surface area (Å²) in [5.74, 6) is -1.70. The molecule has 21 nitrogen and oxygen atoms in total. The molecule has 5 aromatic rings. The highest BCUT2D eigenvalue weighted by atomic mass is 19.1. The Morgan fingerprint density at radius 3 is 2.50 bits per heavy atom. The van der Waals surface area contributed by atoms with E-state index in [1.807, 2.05) is 51.1 Å². The number of nitrogens with one attached hydrogen (secondary N) is 4. The Balaban J connectivity index is 0.814. The highest BCUT2D eigenvalue weighted by molar-refractivity contribution is 5.96. The molecule has 2 bridgehead atoms. The van der Waals surface area contributed by atoms with Gasteiger partial charge >= 0.3 is 0 Å².